The average molecular weight is 367 g/mol. The van der Waals surface area contributed by atoms with Crippen LogP contribution in [-0.4, -0.2) is 16.5 Å². The van der Waals surface area contributed by atoms with E-state index in [1.807, 2.05) is 0 Å². The van der Waals surface area contributed by atoms with E-state index in [0.29, 0.717) is 0 Å². The number of hydrogen-bond acceptors (Lipinski definition) is 4. The van der Waals surface area contributed by atoms with Gasteiger partial charge in [-0.1, -0.05) is 33.6 Å². The molecule has 1 heterocycles. The summed E-state index contributed by atoms with van der Waals surface area (Å²) in [7, 11) is 0. The maximum Gasteiger partial charge on any atom is 0.148 e. The van der Waals surface area contributed by atoms with Gasteiger partial charge in [0.15, 0.2) is 0 Å². The minimum atomic E-state index is 0.838. The number of nitrogens with one attached hydrogen (secondary N) is 1. The van der Waals surface area contributed by atoms with Crippen molar-refractivity contribution in [1.29, 1.82) is 0 Å². The molecule has 4 nitrogen and oxygen atoms in total. The Morgan fingerprint density at radius 3 is 2.30 bits per heavy atom. The van der Waals surface area contributed by atoms with E-state index in [4.69, 9.17) is 15.7 Å². The van der Waals surface area contributed by atoms with Gasteiger partial charge >= 0.3 is 0 Å². The smallest absolute Gasteiger partial charge is 0.148 e. The molecule has 1 aromatic carbocycles. The molecule has 1 aliphatic carbocycles. The Morgan fingerprint density at radius 1 is 0.926 bits per heavy atom. The molecule has 0 spiro atoms. The zero-order valence-corrected chi connectivity index (χ0v) is 17.2. The van der Waals surface area contributed by atoms with Crippen molar-refractivity contribution < 1.29 is 0 Å². The van der Waals surface area contributed by atoms with Gasteiger partial charge < -0.3 is 11.1 Å². The fourth-order valence-corrected chi connectivity index (χ4v) is 3.95. The van der Waals surface area contributed by atoms with Crippen LogP contribution in [0.4, 0.5) is 11.5 Å². The van der Waals surface area contributed by atoms with Gasteiger partial charge in [-0.15, -0.1) is 0 Å². The highest BCUT2D eigenvalue weighted by Gasteiger charge is 2.18. The lowest BCUT2D eigenvalue weighted by Crippen LogP contribution is -2.12. The number of aryl methyl sites for hydroxylation is 4. The zero-order valence-electron chi connectivity index (χ0n) is 17.2. The first-order chi connectivity index (χ1) is 13.2. The number of fused-ring (bicyclic) bond motifs is 1. The van der Waals surface area contributed by atoms with E-state index in [1.165, 1.54) is 43.2 Å². The van der Waals surface area contributed by atoms with Crippen molar-refractivity contribution in [3.8, 4) is 11.3 Å². The third-order valence-corrected chi connectivity index (χ3v) is 5.55. The Labute approximate surface area is 164 Å². The molecule has 0 unspecified atom stereocenters. The maximum atomic E-state index is 6.46. The molecule has 146 valence electrons. The third-order valence-electron chi connectivity index (χ3n) is 5.55. The van der Waals surface area contributed by atoms with Gasteiger partial charge in [-0.2, -0.15) is 0 Å². The van der Waals surface area contributed by atoms with E-state index in [2.05, 4.69) is 38.2 Å². The lowest BCUT2D eigenvalue weighted by molar-refractivity contribution is 0.686. The van der Waals surface area contributed by atoms with Crippen molar-refractivity contribution in [3.63, 3.8) is 0 Å². The monoisotopic (exact) mass is 366 g/mol. The van der Waals surface area contributed by atoms with E-state index < -0.39 is 0 Å². The molecular formula is C23H34N4. The summed E-state index contributed by atoms with van der Waals surface area (Å²) in [5.74, 6) is 0.950. The largest absolute Gasteiger partial charge is 0.398 e. The van der Waals surface area contributed by atoms with Gasteiger partial charge in [0, 0.05) is 17.8 Å². The lowest BCUT2D eigenvalue weighted by atomic mass is 9.88. The van der Waals surface area contributed by atoms with Gasteiger partial charge in [-0.3, -0.25) is 0 Å². The summed E-state index contributed by atoms with van der Waals surface area (Å²) < 4.78 is 0. The first-order valence-corrected chi connectivity index (χ1v) is 10.7. The number of nitrogens with zero attached hydrogens (tertiary/aromatic N) is 2. The summed E-state index contributed by atoms with van der Waals surface area (Å²) in [5.41, 5.74) is 14.3. The number of aromatic nitrogens is 2. The van der Waals surface area contributed by atoms with Crippen molar-refractivity contribution in [2.45, 2.75) is 78.6 Å². The van der Waals surface area contributed by atoms with E-state index in [0.717, 1.165) is 66.4 Å². The highest BCUT2D eigenvalue weighted by Crippen LogP contribution is 2.34. The fourth-order valence-electron chi connectivity index (χ4n) is 3.95. The maximum absolute atomic E-state index is 6.46. The van der Waals surface area contributed by atoms with E-state index in [1.54, 1.807) is 0 Å². The van der Waals surface area contributed by atoms with Crippen LogP contribution in [0.2, 0.25) is 0 Å². The van der Waals surface area contributed by atoms with Gasteiger partial charge in [0.2, 0.25) is 0 Å². The van der Waals surface area contributed by atoms with Crippen LogP contribution in [0, 0.1) is 0 Å². The SMILES string of the molecule is CCCCCNc1nc(CC)c(-c2cc3c(cc2N)CCCC3)nc1CC. The third kappa shape index (κ3) is 4.42. The predicted octanol–water partition coefficient (Wildman–Crippen LogP) is 5.33. The van der Waals surface area contributed by atoms with Crippen LogP contribution in [-0.2, 0) is 25.7 Å². The van der Waals surface area contributed by atoms with Crippen LogP contribution in [0.1, 0.15) is 75.4 Å². The van der Waals surface area contributed by atoms with Gasteiger partial charge in [-0.25, -0.2) is 9.97 Å². The lowest BCUT2D eigenvalue weighted by Gasteiger charge is -2.20. The Morgan fingerprint density at radius 2 is 1.63 bits per heavy atom. The highest BCUT2D eigenvalue weighted by atomic mass is 15.0. The Hall–Kier alpha value is -2.10. The predicted molar refractivity (Wildman–Crippen MR) is 115 cm³/mol. The van der Waals surface area contributed by atoms with Crippen LogP contribution in [0.15, 0.2) is 12.1 Å². The van der Waals surface area contributed by atoms with Gasteiger partial charge in [0.05, 0.1) is 17.1 Å². The molecule has 3 N–H and O–H groups in total. The van der Waals surface area contributed by atoms with E-state index >= 15 is 0 Å². The summed E-state index contributed by atoms with van der Waals surface area (Å²) in [5, 5.41) is 3.51. The number of nitrogens with two attached hydrogens (primary N) is 1. The second-order valence-corrected chi connectivity index (χ2v) is 7.57. The molecule has 4 heteroatoms. The van der Waals surface area contributed by atoms with Crippen LogP contribution in [0.3, 0.4) is 0 Å². The normalized spacial score (nSPS) is 13.4. The topological polar surface area (TPSA) is 63.8 Å². The minimum absolute atomic E-state index is 0.838. The van der Waals surface area contributed by atoms with Crippen molar-refractivity contribution in [2.75, 3.05) is 17.6 Å². The standard InChI is InChI=1S/C23H34N4/c1-4-7-10-13-25-23-21(6-3)26-22(20(5-2)27-23)18-14-16-11-8-9-12-17(16)15-19(18)24/h14-15H,4-13,24H2,1-3H3,(H,25,27). The van der Waals surface area contributed by atoms with Gasteiger partial charge in [-0.05, 0) is 68.2 Å². The van der Waals surface area contributed by atoms with Gasteiger partial charge in [0.25, 0.3) is 0 Å². The molecule has 0 saturated heterocycles. The number of anilines is 2. The van der Waals surface area contributed by atoms with Crippen molar-refractivity contribution >= 4 is 11.5 Å². The van der Waals surface area contributed by atoms with Crippen molar-refractivity contribution in [3.05, 3.63) is 34.6 Å². The molecule has 0 bridgehead atoms. The number of benzene rings is 1. The molecule has 2 aromatic rings. The Bertz CT molecular complexity index is 782. The molecule has 0 atom stereocenters. The van der Waals surface area contributed by atoms with Crippen LogP contribution in [0.5, 0.6) is 0 Å². The minimum Gasteiger partial charge on any atom is -0.398 e. The molecule has 0 saturated carbocycles. The molecule has 0 fully saturated rings. The Kier molecular flexibility index (Phi) is 6.70. The van der Waals surface area contributed by atoms with E-state index in [-0.39, 0.29) is 0 Å². The Balaban J connectivity index is 1.97. The molecule has 27 heavy (non-hydrogen) atoms. The number of unbranched alkanes of at least 4 members (excludes halogenated alkanes) is 2. The molecule has 0 amide bonds. The summed E-state index contributed by atoms with van der Waals surface area (Å²) in [6.45, 7) is 7.48. The molecule has 0 aliphatic heterocycles. The molecule has 1 aliphatic rings. The summed E-state index contributed by atoms with van der Waals surface area (Å²) in [6.07, 6.45) is 10.2. The highest BCUT2D eigenvalue weighted by molar-refractivity contribution is 5.77. The van der Waals surface area contributed by atoms with Crippen molar-refractivity contribution in [1.82, 2.24) is 9.97 Å². The quantitative estimate of drug-likeness (QED) is 0.489. The second kappa shape index (κ2) is 9.20. The summed E-state index contributed by atoms with van der Waals surface area (Å²) >= 11 is 0. The van der Waals surface area contributed by atoms with Crippen molar-refractivity contribution in [2.24, 2.45) is 0 Å². The molecular weight excluding hydrogens is 332 g/mol. The van der Waals surface area contributed by atoms with Crippen LogP contribution >= 0.6 is 0 Å². The van der Waals surface area contributed by atoms with Gasteiger partial charge in [0.1, 0.15) is 5.82 Å². The first kappa shape index (κ1) is 19.7. The number of hydrogen-bond donors (Lipinski definition) is 2. The zero-order chi connectivity index (χ0) is 19.2. The second-order valence-electron chi connectivity index (χ2n) is 7.57. The van der Waals surface area contributed by atoms with Crippen LogP contribution < -0.4 is 11.1 Å². The van der Waals surface area contributed by atoms with Crippen LogP contribution in [0.25, 0.3) is 11.3 Å². The number of nitrogen functional groups attached to an aromatic ring is 1. The summed E-state index contributed by atoms with van der Waals surface area (Å²) in [4.78, 5) is 10.00. The first-order valence-electron chi connectivity index (χ1n) is 10.7. The van der Waals surface area contributed by atoms with E-state index in [9.17, 15) is 0 Å². The number of rotatable bonds is 8. The fraction of sp³-hybridized carbons (Fsp3) is 0.565. The average Bonchev–Trinajstić information content (AvgIpc) is 2.70. The molecule has 0 radical (unpaired) electrons. The molecule has 3 rings (SSSR count). The summed E-state index contributed by atoms with van der Waals surface area (Å²) in [6, 6.07) is 4.45. The molecule has 1 aromatic heterocycles.